The van der Waals surface area contributed by atoms with Crippen molar-refractivity contribution in [3.63, 3.8) is 0 Å². The predicted molar refractivity (Wildman–Crippen MR) is 81.7 cm³/mol. The van der Waals surface area contributed by atoms with E-state index in [1.807, 2.05) is 0 Å². The molecule has 3 heteroatoms. The van der Waals surface area contributed by atoms with E-state index in [9.17, 15) is 9.50 Å². The Morgan fingerprint density at radius 2 is 1.74 bits per heavy atom. The van der Waals surface area contributed by atoms with Gasteiger partial charge in [0, 0.05) is 10.0 Å². The molecule has 0 aliphatic rings. The molecule has 0 bridgehead atoms. The van der Waals surface area contributed by atoms with E-state index < -0.39 is 6.10 Å². The van der Waals surface area contributed by atoms with Crippen LogP contribution >= 0.6 is 15.9 Å². The van der Waals surface area contributed by atoms with Gasteiger partial charge in [0.1, 0.15) is 5.82 Å². The maximum atomic E-state index is 13.6. The zero-order valence-corrected chi connectivity index (χ0v) is 13.3. The van der Waals surface area contributed by atoms with Gasteiger partial charge in [0.25, 0.3) is 0 Å². The molecule has 0 spiro atoms. The molecular formula is C16H24BrFO. The van der Waals surface area contributed by atoms with Crippen molar-refractivity contribution in [2.45, 2.75) is 64.4 Å². The maximum absolute atomic E-state index is 13.6. The first-order valence-electron chi connectivity index (χ1n) is 7.28. The highest BCUT2D eigenvalue weighted by atomic mass is 79.9. The quantitative estimate of drug-likeness (QED) is 0.570. The Bertz CT molecular complexity index is 368. The lowest BCUT2D eigenvalue weighted by Crippen LogP contribution is -2.00. The number of rotatable bonds is 9. The Kier molecular flexibility index (Phi) is 8.31. The zero-order valence-electron chi connectivity index (χ0n) is 11.7. The zero-order chi connectivity index (χ0) is 14.1. The summed E-state index contributed by atoms with van der Waals surface area (Å²) in [4.78, 5) is 0. The molecule has 1 nitrogen and oxygen atoms in total. The first-order chi connectivity index (χ1) is 9.15. The molecule has 1 aromatic rings. The van der Waals surface area contributed by atoms with Gasteiger partial charge in [0.05, 0.1) is 6.10 Å². The van der Waals surface area contributed by atoms with E-state index in [1.165, 1.54) is 38.2 Å². The SMILES string of the molecule is CCCCCCCCCC(O)c1cc(Br)ccc1F. The van der Waals surface area contributed by atoms with Crippen LogP contribution in [0.25, 0.3) is 0 Å². The van der Waals surface area contributed by atoms with E-state index in [-0.39, 0.29) is 5.82 Å². The molecule has 108 valence electrons. The van der Waals surface area contributed by atoms with Gasteiger partial charge < -0.3 is 5.11 Å². The fourth-order valence-electron chi connectivity index (χ4n) is 2.22. The molecule has 0 amide bonds. The largest absolute Gasteiger partial charge is 0.388 e. The molecule has 0 saturated carbocycles. The van der Waals surface area contributed by atoms with Crippen molar-refractivity contribution in [1.82, 2.24) is 0 Å². The smallest absolute Gasteiger partial charge is 0.129 e. The standard InChI is InChI=1S/C16H24BrFO/c1-2-3-4-5-6-7-8-9-16(19)14-12-13(17)10-11-15(14)18/h10-12,16,19H,2-9H2,1H3. The molecule has 1 unspecified atom stereocenters. The normalized spacial score (nSPS) is 12.6. The maximum Gasteiger partial charge on any atom is 0.129 e. The van der Waals surface area contributed by atoms with Crippen molar-refractivity contribution in [2.75, 3.05) is 0 Å². The first-order valence-corrected chi connectivity index (χ1v) is 8.07. The van der Waals surface area contributed by atoms with Crippen molar-refractivity contribution in [3.8, 4) is 0 Å². The minimum absolute atomic E-state index is 0.321. The molecule has 0 aliphatic heterocycles. The Hall–Kier alpha value is -0.410. The summed E-state index contributed by atoms with van der Waals surface area (Å²) in [6.07, 6.45) is 8.40. The van der Waals surface area contributed by atoms with E-state index in [0.717, 1.165) is 17.3 Å². The predicted octanol–water partition coefficient (Wildman–Crippen LogP) is 5.76. The van der Waals surface area contributed by atoms with Crippen LogP contribution < -0.4 is 0 Å². The fraction of sp³-hybridized carbons (Fsp3) is 0.625. The molecule has 0 radical (unpaired) electrons. The van der Waals surface area contributed by atoms with E-state index >= 15 is 0 Å². The summed E-state index contributed by atoms with van der Waals surface area (Å²) in [6.45, 7) is 2.21. The first kappa shape index (κ1) is 16.6. The van der Waals surface area contributed by atoms with Crippen LogP contribution in [0.2, 0.25) is 0 Å². The lowest BCUT2D eigenvalue weighted by Gasteiger charge is -2.12. The summed E-state index contributed by atoms with van der Waals surface area (Å²) in [6, 6.07) is 4.72. The minimum Gasteiger partial charge on any atom is -0.388 e. The van der Waals surface area contributed by atoms with Crippen LogP contribution in [0.15, 0.2) is 22.7 Å². The number of aliphatic hydroxyl groups is 1. The average molecular weight is 331 g/mol. The van der Waals surface area contributed by atoms with Crippen molar-refractivity contribution in [3.05, 3.63) is 34.1 Å². The van der Waals surface area contributed by atoms with Crippen molar-refractivity contribution in [2.24, 2.45) is 0 Å². The van der Waals surface area contributed by atoms with Crippen LogP contribution in [-0.4, -0.2) is 5.11 Å². The topological polar surface area (TPSA) is 20.2 Å². The molecule has 0 heterocycles. The highest BCUT2D eigenvalue weighted by molar-refractivity contribution is 9.10. The number of aliphatic hydroxyl groups excluding tert-OH is 1. The van der Waals surface area contributed by atoms with Crippen molar-refractivity contribution < 1.29 is 9.50 Å². The number of benzene rings is 1. The van der Waals surface area contributed by atoms with Gasteiger partial charge in [-0.15, -0.1) is 0 Å². The fourth-order valence-corrected chi connectivity index (χ4v) is 2.60. The Morgan fingerprint density at radius 3 is 2.42 bits per heavy atom. The summed E-state index contributed by atoms with van der Waals surface area (Å²) in [5.74, 6) is -0.321. The number of hydrogen-bond donors (Lipinski definition) is 1. The molecule has 19 heavy (non-hydrogen) atoms. The number of unbranched alkanes of at least 4 members (excludes halogenated alkanes) is 6. The van der Waals surface area contributed by atoms with Crippen LogP contribution in [0, 0.1) is 5.82 Å². The molecule has 1 N–H and O–H groups in total. The summed E-state index contributed by atoms with van der Waals surface area (Å²) in [5.41, 5.74) is 0.403. The van der Waals surface area contributed by atoms with Gasteiger partial charge in [-0.3, -0.25) is 0 Å². The lowest BCUT2D eigenvalue weighted by atomic mass is 10.0. The molecule has 1 rings (SSSR count). The lowest BCUT2D eigenvalue weighted by molar-refractivity contribution is 0.158. The van der Waals surface area contributed by atoms with Gasteiger partial charge >= 0.3 is 0 Å². The van der Waals surface area contributed by atoms with Crippen LogP contribution in [0.1, 0.15) is 70.0 Å². The molecule has 0 fully saturated rings. The molecular weight excluding hydrogens is 307 g/mol. The van der Waals surface area contributed by atoms with Crippen molar-refractivity contribution >= 4 is 15.9 Å². The summed E-state index contributed by atoms with van der Waals surface area (Å²) in [7, 11) is 0. The number of hydrogen-bond acceptors (Lipinski definition) is 1. The molecule has 1 aromatic carbocycles. The van der Waals surface area contributed by atoms with Gasteiger partial charge in [0.2, 0.25) is 0 Å². The highest BCUT2D eigenvalue weighted by Crippen LogP contribution is 2.25. The third-order valence-corrected chi connectivity index (χ3v) is 3.89. The highest BCUT2D eigenvalue weighted by Gasteiger charge is 2.12. The van der Waals surface area contributed by atoms with E-state index in [2.05, 4.69) is 22.9 Å². The third-order valence-electron chi connectivity index (χ3n) is 3.40. The monoisotopic (exact) mass is 330 g/mol. The van der Waals surface area contributed by atoms with Gasteiger partial charge in [-0.2, -0.15) is 0 Å². The second kappa shape index (κ2) is 9.49. The van der Waals surface area contributed by atoms with Gasteiger partial charge in [-0.1, -0.05) is 67.8 Å². The van der Waals surface area contributed by atoms with Crippen molar-refractivity contribution in [1.29, 1.82) is 0 Å². The summed E-state index contributed by atoms with van der Waals surface area (Å²) < 4.78 is 14.4. The van der Waals surface area contributed by atoms with E-state index in [1.54, 1.807) is 12.1 Å². The van der Waals surface area contributed by atoms with Crippen LogP contribution in [-0.2, 0) is 0 Å². The molecule has 1 atom stereocenters. The Balaban J connectivity index is 2.23. The van der Waals surface area contributed by atoms with Crippen LogP contribution in [0.4, 0.5) is 4.39 Å². The Labute approximate surface area is 124 Å². The molecule has 0 aliphatic carbocycles. The number of halogens is 2. The van der Waals surface area contributed by atoms with Crippen LogP contribution in [0.3, 0.4) is 0 Å². The van der Waals surface area contributed by atoms with Crippen LogP contribution in [0.5, 0.6) is 0 Å². The second-order valence-corrected chi connectivity index (χ2v) is 6.01. The van der Waals surface area contributed by atoms with Gasteiger partial charge in [-0.05, 0) is 24.6 Å². The van der Waals surface area contributed by atoms with E-state index in [0.29, 0.717) is 12.0 Å². The minimum atomic E-state index is -0.687. The van der Waals surface area contributed by atoms with Gasteiger partial charge in [0.15, 0.2) is 0 Å². The Morgan fingerprint density at radius 1 is 1.11 bits per heavy atom. The average Bonchev–Trinajstić information content (AvgIpc) is 2.40. The molecule has 0 saturated heterocycles. The summed E-state index contributed by atoms with van der Waals surface area (Å²) in [5, 5.41) is 10.0. The van der Waals surface area contributed by atoms with Gasteiger partial charge in [-0.25, -0.2) is 4.39 Å². The third kappa shape index (κ3) is 6.53. The summed E-state index contributed by atoms with van der Waals surface area (Å²) >= 11 is 3.30. The second-order valence-electron chi connectivity index (χ2n) is 5.09. The molecule has 0 aromatic heterocycles. The van der Waals surface area contributed by atoms with E-state index in [4.69, 9.17) is 0 Å².